The monoisotopic (exact) mass is 458 g/mol. The van der Waals surface area contributed by atoms with Crippen molar-refractivity contribution in [3.8, 4) is 0 Å². The zero-order valence-electron chi connectivity index (χ0n) is 18.1. The van der Waals surface area contributed by atoms with E-state index in [0.29, 0.717) is 41.8 Å². The fourth-order valence-corrected chi connectivity index (χ4v) is 5.90. The van der Waals surface area contributed by atoms with Crippen molar-refractivity contribution in [2.75, 3.05) is 60.6 Å². The summed E-state index contributed by atoms with van der Waals surface area (Å²) in [6.45, 7) is 3.53. The molecule has 2 fully saturated rings. The van der Waals surface area contributed by atoms with Gasteiger partial charge in [0, 0.05) is 70.1 Å². The van der Waals surface area contributed by atoms with Gasteiger partial charge >= 0.3 is 0 Å². The molecule has 3 aliphatic heterocycles. The van der Waals surface area contributed by atoms with E-state index in [9.17, 15) is 13.4 Å². The number of hydrogen-bond donors (Lipinski definition) is 1. The summed E-state index contributed by atoms with van der Waals surface area (Å²) in [5, 5.41) is 3.47. The van der Waals surface area contributed by atoms with Gasteiger partial charge in [0.25, 0.3) is 0 Å². The maximum atomic E-state index is 13.6. The lowest BCUT2D eigenvalue weighted by molar-refractivity contribution is -0.132. The molecule has 0 spiro atoms. The average Bonchev–Trinajstić information content (AvgIpc) is 3.17. The second kappa shape index (κ2) is 8.65. The van der Waals surface area contributed by atoms with Crippen LogP contribution in [-0.2, 0) is 22.0 Å². The highest BCUT2D eigenvalue weighted by atomic mass is 32.2. The first-order chi connectivity index (χ1) is 15.5. The molecule has 5 rings (SSSR count). The number of halogens is 1. The van der Waals surface area contributed by atoms with Crippen LogP contribution in [0.5, 0.6) is 0 Å². The number of hydrogen-bond acceptors (Lipinski definition) is 7. The van der Waals surface area contributed by atoms with Crippen molar-refractivity contribution in [2.24, 2.45) is 0 Å². The summed E-state index contributed by atoms with van der Waals surface area (Å²) in [4.78, 5) is 28.1. The lowest BCUT2D eigenvalue weighted by Gasteiger charge is -2.36. The number of nitrogens with one attached hydrogen (secondary N) is 1. The lowest BCUT2D eigenvalue weighted by atomic mass is 10.1. The first-order valence-corrected chi connectivity index (χ1v) is 12.3. The highest BCUT2D eigenvalue weighted by molar-refractivity contribution is 7.85. The number of fused-ring (bicyclic) bond motifs is 1. The Morgan fingerprint density at radius 2 is 1.91 bits per heavy atom. The van der Waals surface area contributed by atoms with Gasteiger partial charge in [0.15, 0.2) is 0 Å². The Bertz CT molecular complexity index is 1060. The van der Waals surface area contributed by atoms with E-state index >= 15 is 0 Å². The van der Waals surface area contributed by atoms with Gasteiger partial charge in [-0.25, -0.2) is 9.37 Å². The van der Waals surface area contributed by atoms with Gasteiger partial charge in [0.1, 0.15) is 16.5 Å². The van der Waals surface area contributed by atoms with Crippen molar-refractivity contribution in [2.45, 2.75) is 30.2 Å². The van der Waals surface area contributed by atoms with E-state index in [4.69, 9.17) is 9.97 Å². The SMILES string of the molecule is CN1CC(Nc2nc(N3CCN(c4cccc(F)c4)CC3)nc3c2[S@@](=O)CC3)CCC1=O. The fraction of sp³-hybridized carbons (Fsp3) is 0.500. The van der Waals surface area contributed by atoms with E-state index in [1.54, 1.807) is 17.0 Å². The van der Waals surface area contributed by atoms with E-state index < -0.39 is 10.8 Å². The molecule has 2 aromatic rings. The van der Waals surface area contributed by atoms with E-state index in [1.807, 2.05) is 13.1 Å². The van der Waals surface area contributed by atoms with Crippen molar-refractivity contribution in [1.82, 2.24) is 14.9 Å². The Kier molecular flexibility index (Phi) is 5.71. The Balaban J connectivity index is 1.34. The second-order valence-corrected chi connectivity index (χ2v) is 10.1. The molecule has 1 aromatic heterocycles. The lowest BCUT2D eigenvalue weighted by Crippen LogP contribution is -2.47. The molecule has 0 saturated carbocycles. The summed E-state index contributed by atoms with van der Waals surface area (Å²) >= 11 is 0. The van der Waals surface area contributed by atoms with Crippen LogP contribution in [0.4, 0.5) is 21.8 Å². The average molecular weight is 459 g/mol. The molecule has 3 aliphatic rings. The summed E-state index contributed by atoms with van der Waals surface area (Å²) in [5.41, 5.74) is 1.73. The van der Waals surface area contributed by atoms with Gasteiger partial charge in [-0.15, -0.1) is 0 Å². The minimum atomic E-state index is -1.11. The number of benzene rings is 1. The summed E-state index contributed by atoms with van der Waals surface area (Å²) in [7, 11) is 0.702. The number of rotatable bonds is 4. The van der Waals surface area contributed by atoms with Gasteiger partial charge in [0.2, 0.25) is 11.9 Å². The molecule has 2 saturated heterocycles. The van der Waals surface area contributed by atoms with E-state index in [0.717, 1.165) is 44.0 Å². The Morgan fingerprint density at radius 1 is 1.12 bits per heavy atom. The van der Waals surface area contributed by atoms with Gasteiger partial charge in [-0.1, -0.05) is 6.07 Å². The summed E-state index contributed by atoms with van der Waals surface area (Å²) < 4.78 is 26.2. The van der Waals surface area contributed by atoms with Crippen LogP contribution in [0.2, 0.25) is 0 Å². The predicted octanol–water partition coefficient (Wildman–Crippen LogP) is 1.64. The maximum Gasteiger partial charge on any atom is 0.227 e. The summed E-state index contributed by atoms with van der Waals surface area (Å²) in [6, 6.07) is 6.75. The van der Waals surface area contributed by atoms with Crippen LogP contribution < -0.4 is 15.1 Å². The van der Waals surface area contributed by atoms with Gasteiger partial charge in [0.05, 0.1) is 16.5 Å². The smallest absolute Gasteiger partial charge is 0.227 e. The normalized spacial score (nSPS) is 23.4. The Labute approximate surface area is 189 Å². The van der Waals surface area contributed by atoms with Gasteiger partial charge < -0.3 is 20.0 Å². The highest BCUT2D eigenvalue weighted by Gasteiger charge is 2.31. The molecule has 0 radical (unpaired) electrons. The highest BCUT2D eigenvalue weighted by Crippen LogP contribution is 2.31. The molecule has 170 valence electrons. The van der Waals surface area contributed by atoms with Crippen molar-refractivity contribution in [1.29, 1.82) is 0 Å². The van der Waals surface area contributed by atoms with Crippen molar-refractivity contribution in [3.05, 3.63) is 35.8 Å². The number of anilines is 3. The van der Waals surface area contributed by atoms with E-state index in [-0.39, 0.29) is 17.8 Å². The number of likely N-dealkylation sites (tertiary alicyclic amines) is 1. The molecule has 4 heterocycles. The van der Waals surface area contributed by atoms with Crippen LogP contribution in [0.15, 0.2) is 29.2 Å². The topological polar surface area (TPSA) is 81.7 Å². The number of carbonyl (C=O) groups is 1. The molecule has 10 heteroatoms. The fourth-order valence-electron chi connectivity index (χ4n) is 4.58. The minimum Gasteiger partial charge on any atom is -0.368 e. The number of carbonyl (C=O) groups excluding carboxylic acids is 1. The maximum absolute atomic E-state index is 13.6. The molecular formula is C22H27FN6O2S. The molecule has 1 unspecified atom stereocenters. The first-order valence-electron chi connectivity index (χ1n) is 11.0. The van der Waals surface area contributed by atoms with Crippen LogP contribution in [0.25, 0.3) is 0 Å². The van der Waals surface area contributed by atoms with E-state index in [1.165, 1.54) is 6.07 Å². The molecule has 32 heavy (non-hydrogen) atoms. The molecule has 0 aliphatic carbocycles. The quantitative estimate of drug-likeness (QED) is 0.746. The van der Waals surface area contributed by atoms with E-state index in [2.05, 4.69) is 15.1 Å². The van der Waals surface area contributed by atoms with Crippen LogP contribution in [0.1, 0.15) is 18.5 Å². The largest absolute Gasteiger partial charge is 0.368 e. The minimum absolute atomic E-state index is 0.0759. The predicted molar refractivity (Wildman–Crippen MR) is 122 cm³/mol. The third-order valence-corrected chi connectivity index (χ3v) is 7.84. The number of amides is 1. The van der Waals surface area contributed by atoms with Gasteiger partial charge in [-0.3, -0.25) is 9.00 Å². The molecule has 1 amide bonds. The Morgan fingerprint density at radius 3 is 2.66 bits per heavy atom. The number of aryl methyl sites for hydroxylation is 1. The Hall–Kier alpha value is -2.75. The van der Waals surface area contributed by atoms with Crippen LogP contribution in [0.3, 0.4) is 0 Å². The van der Waals surface area contributed by atoms with Crippen molar-refractivity contribution >= 4 is 34.2 Å². The third-order valence-electron chi connectivity index (χ3n) is 6.38. The standard InChI is InChI=1S/C22H27FN6O2S/c1-27-14-16(5-6-19(27)30)24-21-20-18(7-12-32(20)31)25-22(26-21)29-10-8-28(9-11-29)17-4-2-3-15(23)13-17/h2-4,13,16H,5-12,14H2,1H3,(H,24,25,26)/t16?,32-/m0/s1. The van der Waals surface area contributed by atoms with Crippen molar-refractivity contribution < 1.29 is 13.4 Å². The van der Waals surface area contributed by atoms with Gasteiger partial charge in [-0.2, -0.15) is 4.98 Å². The molecule has 1 aromatic carbocycles. The zero-order valence-corrected chi connectivity index (χ0v) is 18.9. The number of piperazine rings is 1. The zero-order chi connectivity index (χ0) is 22.2. The number of piperidine rings is 1. The number of likely N-dealkylation sites (N-methyl/N-ethyl adjacent to an activating group) is 1. The summed E-state index contributed by atoms with van der Waals surface area (Å²) in [5.74, 6) is 1.77. The third kappa shape index (κ3) is 4.15. The van der Waals surface area contributed by atoms with Gasteiger partial charge in [-0.05, 0) is 24.6 Å². The summed E-state index contributed by atoms with van der Waals surface area (Å²) in [6.07, 6.45) is 1.91. The molecule has 0 bridgehead atoms. The van der Waals surface area contributed by atoms with Crippen molar-refractivity contribution in [3.63, 3.8) is 0 Å². The van der Waals surface area contributed by atoms with Crippen LogP contribution >= 0.6 is 0 Å². The molecular weight excluding hydrogens is 431 g/mol. The molecule has 1 N–H and O–H groups in total. The van der Waals surface area contributed by atoms with Crippen LogP contribution in [0, 0.1) is 5.82 Å². The van der Waals surface area contributed by atoms with Crippen LogP contribution in [-0.4, -0.2) is 76.6 Å². The second-order valence-electron chi connectivity index (χ2n) is 8.56. The number of nitrogens with zero attached hydrogens (tertiary/aromatic N) is 5. The molecule has 8 nitrogen and oxygen atoms in total. The first kappa shape index (κ1) is 21.1. The number of aromatic nitrogens is 2. The molecule has 2 atom stereocenters.